The van der Waals surface area contributed by atoms with Crippen molar-refractivity contribution in [2.45, 2.75) is 25.8 Å². The number of carbonyl (C=O) groups is 2. The summed E-state index contributed by atoms with van der Waals surface area (Å²) in [5, 5.41) is 8.71. The molecule has 1 aromatic carbocycles. The molecule has 2 amide bonds. The smallest absolute Gasteiger partial charge is 0.246 e. The summed E-state index contributed by atoms with van der Waals surface area (Å²) in [4.78, 5) is 34.5. The van der Waals surface area contributed by atoms with Gasteiger partial charge in [-0.05, 0) is 36.6 Å². The second-order valence-electron chi connectivity index (χ2n) is 7.20. The first-order valence-electron chi connectivity index (χ1n) is 9.93. The number of nitrogens with zero attached hydrogens (tertiary/aromatic N) is 6. The van der Waals surface area contributed by atoms with Crippen molar-refractivity contribution in [3.8, 4) is 0 Å². The number of aryl methyl sites for hydroxylation is 1. The Labute approximate surface area is 169 Å². The van der Waals surface area contributed by atoms with E-state index in [1.807, 2.05) is 46.2 Å². The highest BCUT2D eigenvalue weighted by molar-refractivity contribution is 5.78. The van der Waals surface area contributed by atoms with Crippen LogP contribution in [-0.4, -0.2) is 67.8 Å². The van der Waals surface area contributed by atoms with Crippen molar-refractivity contribution in [1.29, 1.82) is 0 Å². The number of rotatable bonds is 5. The molecule has 1 fully saturated rings. The molecule has 0 unspecified atom stereocenters. The molecule has 1 aliphatic heterocycles. The summed E-state index contributed by atoms with van der Waals surface area (Å²) >= 11 is 0. The Morgan fingerprint density at radius 3 is 2.21 bits per heavy atom. The topological polar surface area (TPSA) is 84.2 Å². The number of benzene rings is 1. The van der Waals surface area contributed by atoms with Gasteiger partial charge in [0.05, 0.1) is 0 Å². The van der Waals surface area contributed by atoms with Crippen LogP contribution in [0.4, 0.5) is 0 Å². The van der Waals surface area contributed by atoms with Crippen LogP contribution in [0, 0.1) is 0 Å². The van der Waals surface area contributed by atoms with Gasteiger partial charge in [-0.1, -0.05) is 18.2 Å². The van der Waals surface area contributed by atoms with Gasteiger partial charge in [0.1, 0.15) is 17.6 Å². The molecule has 0 spiro atoms. The van der Waals surface area contributed by atoms with Crippen molar-refractivity contribution in [3.05, 3.63) is 54.4 Å². The lowest BCUT2D eigenvalue weighted by molar-refractivity contribution is -0.134. The molecule has 3 aromatic rings. The molecule has 0 radical (unpaired) electrons. The molecular formula is C21H24N6O2. The van der Waals surface area contributed by atoms with E-state index in [9.17, 15) is 9.59 Å². The van der Waals surface area contributed by atoms with Gasteiger partial charge in [0, 0.05) is 45.0 Å². The maximum atomic E-state index is 12.7. The number of amides is 2. The summed E-state index contributed by atoms with van der Waals surface area (Å²) in [5.74, 6) is 0.109. The summed E-state index contributed by atoms with van der Waals surface area (Å²) < 4.78 is 0. The van der Waals surface area contributed by atoms with Gasteiger partial charge in [-0.25, -0.2) is 0 Å². The molecule has 1 saturated heterocycles. The first kappa shape index (κ1) is 19.0. The molecule has 150 valence electrons. The van der Waals surface area contributed by atoms with E-state index in [2.05, 4.69) is 15.2 Å². The van der Waals surface area contributed by atoms with Crippen LogP contribution in [0.1, 0.15) is 18.4 Å². The highest BCUT2D eigenvalue weighted by atomic mass is 16.2. The van der Waals surface area contributed by atoms with Crippen molar-refractivity contribution in [2.75, 3.05) is 26.2 Å². The lowest BCUT2D eigenvalue weighted by Crippen LogP contribution is -2.39. The third-order valence-corrected chi connectivity index (χ3v) is 5.16. The minimum Gasteiger partial charge on any atom is -0.341 e. The molecule has 0 N–H and O–H groups in total. The van der Waals surface area contributed by atoms with Crippen molar-refractivity contribution < 1.29 is 9.59 Å². The quantitative estimate of drug-likeness (QED) is 0.657. The molecule has 0 bridgehead atoms. The molecule has 1 aliphatic rings. The number of fused-ring (bicyclic) bond motifs is 1. The molecular weight excluding hydrogens is 368 g/mol. The second-order valence-corrected chi connectivity index (χ2v) is 7.20. The molecule has 0 aliphatic carbocycles. The predicted octanol–water partition coefficient (Wildman–Crippen LogP) is 1.52. The summed E-state index contributed by atoms with van der Waals surface area (Å²) in [5.41, 5.74) is 2.62. The fourth-order valence-corrected chi connectivity index (χ4v) is 3.57. The van der Waals surface area contributed by atoms with Gasteiger partial charge >= 0.3 is 0 Å². The van der Waals surface area contributed by atoms with Crippen LogP contribution in [0.25, 0.3) is 11.0 Å². The molecule has 2 aromatic heterocycles. The predicted molar refractivity (Wildman–Crippen MR) is 108 cm³/mol. The zero-order valence-electron chi connectivity index (χ0n) is 16.3. The average molecular weight is 392 g/mol. The Morgan fingerprint density at radius 2 is 1.55 bits per heavy atom. The van der Waals surface area contributed by atoms with Crippen LogP contribution in [0.3, 0.4) is 0 Å². The van der Waals surface area contributed by atoms with Gasteiger partial charge in [0.25, 0.3) is 0 Å². The highest BCUT2D eigenvalue weighted by Gasteiger charge is 2.22. The van der Waals surface area contributed by atoms with Crippen molar-refractivity contribution in [2.24, 2.45) is 0 Å². The van der Waals surface area contributed by atoms with Crippen molar-refractivity contribution in [3.63, 3.8) is 0 Å². The molecule has 8 nitrogen and oxygen atoms in total. The summed E-state index contributed by atoms with van der Waals surface area (Å²) in [6.07, 6.45) is 5.45. The Balaban J connectivity index is 1.29. The molecule has 4 rings (SSSR count). The van der Waals surface area contributed by atoms with Crippen molar-refractivity contribution >= 4 is 22.8 Å². The van der Waals surface area contributed by atoms with Gasteiger partial charge in [-0.3, -0.25) is 14.6 Å². The lowest BCUT2D eigenvalue weighted by atomic mass is 10.1. The third kappa shape index (κ3) is 4.77. The van der Waals surface area contributed by atoms with E-state index in [-0.39, 0.29) is 18.4 Å². The molecule has 0 atom stereocenters. The Kier molecular flexibility index (Phi) is 5.79. The van der Waals surface area contributed by atoms with E-state index < -0.39 is 0 Å². The van der Waals surface area contributed by atoms with E-state index in [1.165, 1.54) is 4.80 Å². The fraction of sp³-hybridized carbons (Fsp3) is 0.381. The first-order chi connectivity index (χ1) is 14.2. The standard InChI is InChI=1S/C21H24N6O2/c28-20(9-8-17-5-3-10-22-15-17)25-11-4-12-26(14-13-25)21(29)16-27-23-18-6-1-2-7-19(18)24-27/h1-3,5-7,10,15H,4,8-9,11-14,16H2. The average Bonchev–Trinajstić information content (AvgIpc) is 2.98. The molecule has 3 heterocycles. The van der Waals surface area contributed by atoms with Gasteiger partial charge in [0.2, 0.25) is 11.8 Å². The van der Waals surface area contributed by atoms with E-state index in [0.29, 0.717) is 39.0 Å². The van der Waals surface area contributed by atoms with Crippen LogP contribution in [0.15, 0.2) is 48.8 Å². The minimum atomic E-state index is -0.0186. The van der Waals surface area contributed by atoms with Crippen LogP contribution < -0.4 is 0 Å². The highest BCUT2D eigenvalue weighted by Crippen LogP contribution is 2.10. The van der Waals surface area contributed by atoms with Crippen LogP contribution in [0.2, 0.25) is 0 Å². The normalized spacial score (nSPS) is 14.8. The second kappa shape index (κ2) is 8.81. The monoisotopic (exact) mass is 392 g/mol. The van der Waals surface area contributed by atoms with Gasteiger partial charge in [-0.2, -0.15) is 15.0 Å². The summed E-state index contributed by atoms with van der Waals surface area (Å²) in [6, 6.07) is 11.4. The van der Waals surface area contributed by atoms with Gasteiger partial charge < -0.3 is 9.80 Å². The lowest BCUT2D eigenvalue weighted by Gasteiger charge is -2.22. The largest absolute Gasteiger partial charge is 0.341 e. The maximum Gasteiger partial charge on any atom is 0.246 e. The number of carbonyl (C=O) groups excluding carboxylic acids is 2. The van der Waals surface area contributed by atoms with E-state index in [0.717, 1.165) is 23.0 Å². The van der Waals surface area contributed by atoms with E-state index >= 15 is 0 Å². The van der Waals surface area contributed by atoms with Crippen LogP contribution in [0.5, 0.6) is 0 Å². The fourth-order valence-electron chi connectivity index (χ4n) is 3.57. The number of pyridine rings is 1. The summed E-state index contributed by atoms with van der Waals surface area (Å²) in [7, 11) is 0. The molecule has 0 saturated carbocycles. The molecule has 29 heavy (non-hydrogen) atoms. The van der Waals surface area contributed by atoms with Gasteiger partial charge in [0.15, 0.2) is 0 Å². The number of hydrogen-bond donors (Lipinski definition) is 0. The number of hydrogen-bond acceptors (Lipinski definition) is 5. The summed E-state index contributed by atoms with van der Waals surface area (Å²) in [6.45, 7) is 2.54. The first-order valence-corrected chi connectivity index (χ1v) is 9.93. The zero-order valence-corrected chi connectivity index (χ0v) is 16.3. The Morgan fingerprint density at radius 1 is 0.862 bits per heavy atom. The van der Waals surface area contributed by atoms with Crippen LogP contribution in [-0.2, 0) is 22.6 Å². The Hall–Kier alpha value is -3.29. The van der Waals surface area contributed by atoms with E-state index in [4.69, 9.17) is 0 Å². The van der Waals surface area contributed by atoms with E-state index in [1.54, 1.807) is 12.4 Å². The SMILES string of the molecule is O=C(CCc1cccnc1)N1CCCN(C(=O)Cn2nc3ccccc3n2)CC1. The maximum absolute atomic E-state index is 12.7. The minimum absolute atomic E-state index is 0.0186. The molecule has 8 heteroatoms. The van der Waals surface area contributed by atoms with Gasteiger partial charge in [-0.15, -0.1) is 0 Å². The Bertz CT molecular complexity index is 954. The number of aromatic nitrogens is 4. The van der Waals surface area contributed by atoms with Crippen LogP contribution >= 0.6 is 0 Å². The van der Waals surface area contributed by atoms with Crippen molar-refractivity contribution in [1.82, 2.24) is 29.8 Å². The third-order valence-electron chi connectivity index (χ3n) is 5.16. The zero-order chi connectivity index (χ0) is 20.1.